The van der Waals surface area contributed by atoms with Gasteiger partial charge in [0, 0.05) is 18.2 Å². The van der Waals surface area contributed by atoms with Crippen molar-refractivity contribution in [3.05, 3.63) is 29.8 Å². The van der Waals surface area contributed by atoms with E-state index in [1.807, 2.05) is 6.07 Å². The average Bonchev–Trinajstić information content (AvgIpc) is 3.06. The number of amides is 2. The fourth-order valence-corrected chi connectivity index (χ4v) is 2.65. The van der Waals surface area contributed by atoms with E-state index in [1.54, 1.807) is 18.2 Å². The van der Waals surface area contributed by atoms with E-state index in [0.29, 0.717) is 5.69 Å². The van der Waals surface area contributed by atoms with Gasteiger partial charge >= 0.3 is 5.97 Å². The Labute approximate surface area is 135 Å². The number of hydrogen-bond acceptors (Lipinski definition) is 3. The summed E-state index contributed by atoms with van der Waals surface area (Å²) in [7, 11) is 0. The first-order chi connectivity index (χ1) is 11.0. The van der Waals surface area contributed by atoms with E-state index in [4.69, 9.17) is 5.11 Å². The first-order valence-electron chi connectivity index (χ1n) is 7.87. The number of nitrogens with one attached hydrogen (secondary N) is 2. The summed E-state index contributed by atoms with van der Waals surface area (Å²) in [6, 6.07) is 7.21. The minimum absolute atomic E-state index is 0.0446. The molecular weight excluding hydrogens is 296 g/mol. The Bertz CT molecular complexity index is 594. The highest BCUT2D eigenvalue weighted by molar-refractivity contribution is 5.96. The van der Waals surface area contributed by atoms with Crippen LogP contribution in [0.1, 0.15) is 38.2 Å². The van der Waals surface area contributed by atoms with E-state index >= 15 is 0 Å². The van der Waals surface area contributed by atoms with Crippen molar-refractivity contribution < 1.29 is 19.5 Å². The van der Waals surface area contributed by atoms with Gasteiger partial charge in [-0.15, -0.1) is 0 Å². The molecule has 124 valence electrons. The van der Waals surface area contributed by atoms with Crippen molar-refractivity contribution in [2.75, 3.05) is 5.32 Å². The van der Waals surface area contributed by atoms with Crippen molar-refractivity contribution in [3.8, 4) is 0 Å². The van der Waals surface area contributed by atoms with Crippen molar-refractivity contribution in [1.29, 1.82) is 0 Å². The van der Waals surface area contributed by atoms with Gasteiger partial charge in [0.25, 0.3) is 0 Å². The van der Waals surface area contributed by atoms with Gasteiger partial charge in [-0.25, -0.2) is 0 Å². The van der Waals surface area contributed by atoms with E-state index < -0.39 is 17.8 Å². The molecule has 0 bridgehead atoms. The molecule has 1 aliphatic carbocycles. The van der Waals surface area contributed by atoms with Crippen LogP contribution in [0.5, 0.6) is 0 Å². The number of benzene rings is 1. The fourth-order valence-electron chi connectivity index (χ4n) is 2.65. The number of carboxylic acids is 1. The first kappa shape index (κ1) is 17.0. The summed E-state index contributed by atoms with van der Waals surface area (Å²) in [4.78, 5) is 34.5. The van der Waals surface area contributed by atoms with Gasteiger partial charge in [-0.2, -0.15) is 0 Å². The lowest BCUT2D eigenvalue weighted by atomic mass is 10.1. The van der Waals surface area contributed by atoms with Crippen LogP contribution >= 0.6 is 0 Å². The van der Waals surface area contributed by atoms with Crippen LogP contribution in [-0.2, 0) is 20.9 Å². The van der Waals surface area contributed by atoms with Crippen LogP contribution in [0.3, 0.4) is 0 Å². The van der Waals surface area contributed by atoms with Gasteiger partial charge in [-0.1, -0.05) is 25.0 Å². The summed E-state index contributed by atoms with van der Waals surface area (Å²) >= 11 is 0. The smallest absolute Gasteiger partial charge is 0.315 e. The quantitative estimate of drug-likeness (QED) is 0.700. The van der Waals surface area contributed by atoms with Gasteiger partial charge in [0.05, 0.1) is 0 Å². The Morgan fingerprint density at radius 1 is 1.26 bits per heavy atom. The Morgan fingerprint density at radius 2 is 1.96 bits per heavy atom. The van der Waals surface area contributed by atoms with Gasteiger partial charge in [-0.3, -0.25) is 14.4 Å². The van der Waals surface area contributed by atoms with Crippen molar-refractivity contribution >= 4 is 23.5 Å². The molecule has 0 heterocycles. The number of hydrogen-bond donors (Lipinski definition) is 3. The maximum absolute atomic E-state index is 12.1. The summed E-state index contributed by atoms with van der Waals surface area (Å²) in [5, 5.41) is 14.3. The normalized spacial score (nSPS) is 15.9. The molecule has 23 heavy (non-hydrogen) atoms. The molecular formula is C17H22N2O4. The molecule has 1 unspecified atom stereocenters. The fraction of sp³-hybridized carbons (Fsp3) is 0.471. The van der Waals surface area contributed by atoms with Gasteiger partial charge in [-0.05, 0) is 37.5 Å². The molecule has 1 aliphatic rings. The van der Waals surface area contributed by atoms with Crippen LogP contribution in [0.15, 0.2) is 24.3 Å². The summed E-state index contributed by atoms with van der Waals surface area (Å²) in [5.41, 5.74) is 1.50. The van der Waals surface area contributed by atoms with Gasteiger partial charge in [0.1, 0.15) is 5.92 Å². The zero-order valence-corrected chi connectivity index (χ0v) is 13.2. The average molecular weight is 318 g/mol. The number of anilines is 1. The highest BCUT2D eigenvalue weighted by Gasteiger charge is 2.23. The van der Waals surface area contributed by atoms with Gasteiger partial charge in [0.2, 0.25) is 11.8 Å². The maximum atomic E-state index is 12.1. The number of carbonyl (C=O) groups is 3. The minimum Gasteiger partial charge on any atom is -0.481 e. The molecule has 6 nitrogen and oxygen atoms in total. The van der Waals surface area contributed by atoms with Crippen LogP contribution in [0.4, 0.5) is 5.69 Å². The van der Waals surface area contributed by atoms with Crippen LogP contribution < -0.4 is 10.6 Å². The molecule has 1 aromatic rings. The Kier molecular flexibility index (Phi) is 5.73. The minimum atomic E-state index is -1.15. The lowest BCUT2D eigenvalue weighted by molar-refractivity contribution is -0.146. The van der Waals surface area contributed by atoms with Crippen LogP contribution in [0, 0.1) is 11.8 Å². The molecule has 0 aromatic heterocycles. The molecule has 0 saturated heterocycles. The SMILES string of the molecule is CC(C(=O)O)C(=O)NCc1cccc(NC(=O)C2CCCC2)c1. The lowest BCUT2D eigenvalue weighted by Crippen LogP contribution is -2.33. The topological polar surface area (TPSA) is 95.5 Å². The van der Waals surface area contributed by atoms with Crippen molar-refractivity contribution in [3.63, 3.8) is 0 Å². The molecule has 1 fully saturated rings. The monoisotopic (exact) mass is 318 g/mol. The summed E-state index contributed by atoms with van der Waals surface area (Å²) < 4.78 is 0. The van der Waals surface area contributed by atoms with E-state index in [-0.39, 0.29) is 18.4 Å². The predicted molar refractivity (Wildman–Crippen MR) is 85.7 cm³/mol. The molecule has 2 amide bonds. The van der Waals surface area contributed by atoms with E-state index in [0.717, 1.165) is 31.2 Å². The Balaban J connectivity index is 1.90. The molecule has 0 spiro atoms. The van der Waals surface area contributed by atoms with Crippen molar-refractivity contribution in [1.82, 2.24) is 5.32 Å². The summed E-state index contributed by atoms with van der Waals surface area (Å²) in [6.45, 7) is 1.57. The Morgan fingerprint density at radius 3 is 2.61 bits per heavy atom. The largest absolute Gasteiger partial charge is 0.481 e. The van der Waals surface area contributed by atoms with Crippen molar-refractivity contribution in [2.24, 2.45) is 11.8 Å². The molecule has 1 saturated carbocycles. The molecule has 1 atom stereocenters. The lowest BCUT2D eigenvalue weighted by Gasteiger charge is -2.12. The Hall–Kier alpha value is -2.37. The van der Waals surface area contributed by atoms with Gasteiger partial charge < -0.3 is 15.7 Å². The second kappa shape index (κ2) is 7.76. The number of aliphatic carboxylic acids is 1. The molecule has 0 aliphatic heterocycles. The third-order valence-electron chi connectivity index (χ3n) is 4.15. The first-order valence-corrected chi connectivity index (χ1v) is 7.87. The van der Waals surface area contributed by atoms with E-state index in [1.165, 1.54) is 6.92 Å². The zero-order valence-electron chi connectivity index (χ0n) is 13.2. The number of rotatable bonds is 6. The molecule has 6 heteroatoms. The zero-order chi connectivity index (χ0) is 16.8. The highest BCUT2D eigenvalue weighted by Crippen LogP contribution is 2.26. The second-order valence-electron chi connectivity index (χ2n) is 5.95. The third kappa shape index (κ3) is 4.81. The van der Waals surface area contributed by atoms with E-state index in [9.17, 15) is 14.4 Å². The maximum Gasteiger partial charge on any atom is 0.315 e. The summed E-state index contributed by atoms with van der Waals surface area (Å²) in [6.07, 6.45) is 4.08. The standard InChI is InChI=1S/C17H22N2O4/c1-11(17(22)23)15(20)18-10-12-5-4-8-14(9-12)19-16(21)13-6-2-3-7-13/h4-5,8-9,11,13H,2-3,6-7,10H2,1H3,(H,18,20)(H,19,21)(H,22,23). The van der Waals surface area contributed by atoms with E-state index in [2.05, 4.69) is 10.6 Å². The third-order valence-corrected chi connectivity index (χ3v) is 4.15. The number of carboxylic acid groups (broad SMARTS) is 1. The molecule has 1 aromatic carbocycles. The van der Waals surface area contributed by atoms with Crippen LogP contribution in [0.2, 0.25) is 0 Å². The molecule has 0 radical (unpaired) electrons. The molecule has 3 N–H and O–H groups in total. The van der Waals surface area contributed by atoms with Crippen LogP contribution in [-0.4, -0.2) is 22.9 Å². The van der Waals surface area contributed by atoms with Crippen molar-refractivity contribution in [2.45, 2.75) is 39.2 Å². The summed E-state index contributed by atoms with van der Waals surface area (Å²) in [5.74, 6) is -2.63. The highest BCUT2D eigenvalue weighted by atomic mass is 16.4. The predicted octanol–water partition coefficient (Wildman–Crippen LogP) is 2.15. The molecule has 2 rings (SSSR count). The second-order valence-corrected chi connectivity index (χ2v) is 5.95. The van der Waals surface area contributed by atoms with Crippen LogP contribution in [0.25, 0.3) is 0 Å². The number of carbonyl (C=O) groups excluding carboxylic acids is 2. The van der Waals surface area contributed by atoms with Gasteiger partial charge in [0.15, 0.2) is 0 Å².